The van der Waals surface area contributed by atoms with Crippen molar-refractivity contribution in [2.75, 3.05) is 11.9 Å². The maximum absolute atomic E-state index is 12.5. The van der Waals surface area contributed by atoms with Gasteiger partial charge in [0.15, 0.2) is 5.60 Å². The van der Waals surface area contributed by atoms with E-state index in [9.17, 15) is 27.9 Å². The van der Waals surface area contributed by atoms with Crippen LogP contribution >= 0.6 is 0 Å². The average molecular weight is 306 g/mol. The summed E-state index contributed by atoms with van der Waals surface area (Å²) in [6.07, 6.45) is -4.54. The number of aliphatic carboxylic acids is 1. The SMILES string of the molecule is CC(O)(CNC(=O)Nc1cccc(C(F)(F)F)c1)C(=O)O. The lowest BCUT2D eigenvalue weighted by molar-refractivity contribution is -0.155. The number of benzene rings is 1. The van der Waals surface area contributed by atoms with E-state index in [1.54, 1.807) is 0 Å². The molecule has 1 atom stereocenters. The number of carbonyl (C=O) groups excluding carboxylic acids is 1. The van der Waals surface area contributed by atoms with E-state index in [0.29, 0.717) is 0 Å². The zero-order valence-electron chi connectivity index (χ0n) is 10.9. The number of hydrogen-bond acceptors (Lipinski definition) is 3. The van der Waals surface area contributed by atoms with Gasteiger partial charge in [-0.15, -0.1) is 0 Å². The Bertz CT molecular complexity index is 544. The number of halogens is 3. The summed E-state index contributed by atoms with van der Waals surface area (Å²) in [5.74, 6) is -1.54. The Labute approximate surface area is 117 Å². The Morgan fingerprint density at radius 2 is 1.90 bits per heavy atom. The zero-order chi connectivity index (χ0) is 16.3. The Morgan fingerprint density at radius 1 is 1.29 bits per heavy atom. The predicted molar refractivity (Wildman–Crippen MR) is 66.7 cm³/mol. The van der Waals surface area contributed by atoms with E-state index >= 15 is 0 Å². The first kappa shape index (κ1) is 16.8. The lowest BCUT2D eigenvalue weighted by Crippen LogP contribution is -2.47. The van der Waals surface area contributed by atoms with Gasteiger partial charge in [-0.3, -0.25) is 0 Å². The number of rotatable bonds is 4. The first-order valence-corrected chi connectivity index (χ1v) is 5.70. The molecule has 1 aromatic carbocycles. The normalized spacial score (nSPS) is 14.1. The van der Waals surface area contributed by atoms with Crippen LogP contribution in [0.4, 0.5) is 23.7 Å². The monoisotopic (exact) mass is 306 g/mol. The zero-order valence-corrected chi connectivity index (χ0v) is 10.9. The van der Waals surface area contributed by atoms with Crippen molar-refractivity contribution in [2.45, 2.75) is 18.7 Å². The highest BCUT2D eigenvalue weighted by molar-refractivity contribution is 5.90. The molecule has 2 amide bonds. The molecule has 0 aliphatic rings. The van der Waals surface area contributed by atoms with Crippen molar-refractivity contribution in [3.63, 3.8) is 0 Å². The summed E-state index contributed by atoms with van der Waals surface area (Å²) in [4.78, 5) is 22.0. The maximum Gasteiger partial charge on any atom is 0.416 e. The van der Waals surface area contributed by atoms with E-state index in [2.05, 4.69) is 5.32 Å². The maximum atomic E-state index is 12.5. The highest BCUT2D eigenvalue weighted by Gasteiger charge is 2.31. The van der Waals surface area contributed by atoms with Crippen molar-refractivity contribution >= 4 is 17.7 Å². The van der Waals surface area contributed by atoms with Crippen molar-refractivity contribution in [2.24, 2.45) is 0 Å². The van der Waals surface area contributed by atoms with Crippen molar-refractivity contribution < 1.29 is 33.0 Å². The largest absolute Gasteiger partial charge is 0.479 e. The summed E-state index contributed by atoms with van der Waals surface area (Å²) in [5.41, 5.74) is -3.22. The number of amides is 2. The third kappa shape index (κ3) is 4.95. The fourth-order valence-electron chi connectivity index (χ4n) is 1.28. The van der Waals surface area contributed by atoms with Crippen molar-refractivity contribution in [1.82, 2.24) is 5.32 Å². The van der Waals surface area contributed by atoms with Crippen molar-refractivity contribution in [3.05, 3.63) is 29.8 Å². The number of carboxylic acid groups (broad SMARTS) is 1. The fourth-order valence-corrected chi connectivity index (χ4v) is 1.28. The summed E-state index contributed by atoms with van der Waals surface area (Å²) < 4.78 is 37.4. The molecular formula is C12H13F3N2O4. The van der Waals surface area contributed by atoms with Crippen LogP contribution in [0, 0.1) is 0 Å². The molecule has 4 N–H and O–H groups in total. The second kappa shape index (κ2) is 6.00. The van der Waals surface area contributed by atoms with Crippen LogP contribution in [-0.4, -0.2) is 34.4 Å². The number of urea groups is 1. The van der Waals surface area contributed by atoms with E-state index in [1.807, 2.05) is 5.32 Å². The second-order valence-corrected chi connectivity index (χ2v) is 4.47. The molecule has 0 heterocycles. The van der Waals surface area contributed by atoms with E-state index in [1.165, 1.54) is 6.07 Å². The van der Waals surface area contributed by atoms with Gasteiger partial charge < -0.3 is 20.8 Å². The van der Waals surface area contributed by atoms with Crippen LogP contribution in [-0.2, 0) is 11.0 Å². The van der Waals surface area contributed by atoms with Gasteiger partial charge >= 0.3 is 18.2 Å². The molecule has 1 rings (SSSR count). The number of carbonyl (C=O) groups is 2. The fraction of sp³-hybridized carbons (Fsp3) is 0.333. The van der Waals surface area contributed by atoms with E-state index in [0.717, 1.165) is 25.1 Å². The Morgan fingerprint density at radius 3 is 2.43 bits per heavy atom. The Hall–Kier alpha value is -2.29. The molecule has 116 valence electrons. The first-order chi connectivity index (χ1) is 9.52. The molecular weight excluding hydrogens is 293 g/mol. The molecule has 1 aromatic rings. The highest BCUT2D eigenvalue weighted by atomic mass is 19.4. The van der Waals surface area contributed by atoms with Crippen LogP contribution in [0.2, 0.25) is 0 Å². The van der Waals surface area contributed by atoms with E-state index in [-0.39, 0.29) is 5.69 Å². The molecule has 0 bridgehead atoms. The lowest BCUT2D eigenvalue weighted by atomic mass is 10.1. The van der Waals surface area contributed by atoms with Gasteiger partial charge in [-0.25, -0.2) is 9.59 Å². The molecule has 21 heavy (non-hydrogen) atoms. The molecule has 0 aliphatic carbocycles. The van der Waals surface area contributed by atoms with Gasteiger partial charge in [0.1, 0.15) is 0 Å². The summed E-state index contributed by atoms with van der Waals surface area (Å²) in [5, 5.41) is 22.2. The summed E-state index contributed by atoms with van der Waals surface area (Å²) >= 11 is 0. The molecule has 9 heteroatoms. The van der Waals surface area contributed by atoms with E-state index < -0.39 is 35.9 Å². The summed E-state index contributed by atoms with van der Waals surface area (Å²) in [6, 6.07) is 3.00. The van der Waals surface area contributed by atoms with Gasteiger partial charge in [-0.2, -0.15) is 13.2 Å². The molecule has 0 saturated carbocycles. The first-order valence-electron chi connectivity index (χ1n) is 5.70. The number of nitrogens with one attached hydrogen (secondary N) is 2. The topological polar surface area (TPSA) is 98.7 Å². The molecule has 0 aliphatic heterocycles. The summed E-state index contributed by atoms with van der Waals surface area (Å²) in [7, 11) is 0. The third-order valence-electron chi connectivity index (χ3n) is 2.50. The van der Waals surface area contributed by atoms with Crippen LogP contribution in [0.5, 0.6) is 0 Å². The number of hydrogen-bond donors (Lipinski definition) is 4. The number of carboxylic acids is 1. The smallest absolute Gasteiger partial charge is 0.416 e. The van der Waals surface area contributed by atoms with Gasteiger partial charge in [0, 0.05) is 5.69 Å². The molecule has 6 nitrogen and oxygen atoms in total. The van der Waals surface area contributed by atoms with Crippen LogP contribution < -0.4 is 10.6 Å². The van der Waals surface area contributed by atoms with Crippen LogP contribution in [0.1, 0.15) is 12.5 Å². The standard InChI is InChI=1S/C12H13F3N2O4/c1-11(21,9(18)19)6-16-10(20)17-8-4-2-3-7(5-8)12(13,14)15/h2-5,21H,6H2,1H3,(H,18,19)(H2,16,17,20). The lowest BCUT2D eigenvalue weighted by Gasteiger charge is -2.18. The third-order valence-corrected chi connectivity index (χ3v) is 2.50. The van der Waals surface area contributed by atoms with Gasteiger partial charge in [-0.05, 0) is 25.1 Å². The van der Waals surface area contributed by atoms with Crippen molar-refractivity contribution in [3.8, 4) is 0 Å². The minimum Gasteiger partial charge on any atom is -0.479 e. The predicted octanol–water partition coefficient (Wildman–Crippen LogP) is 1.66. The Balaban J connectivity index is 2.66. The highest BCUT2D eigenvalue weighted by Crippen LogP contribution is 2.30. The molecule has 0 aromatic heterocycles. The number of alkyl halides is 3. The molecule has 0 spiro atoms. The molecule has 0 saturated heterocycles. The average Bonchev–Trinajstić information content (AvgIpc) is 2.35. The quantitative estimate of drug-likeness (QED) is 0.680. The Kier molecular flexibility index (Phi) is 4.79. The molecule has 0 radical (unpaired) electrons. The van der Waals surface area contributed by atoms with Gasteiger partial charge in [0.25, 0.3) is 0 Å². The minimum absolute atomic E-state index is 0.114. The van der Waals surface area contributed by atoms with Gasteiger partial charge in [-0.1, -0.05) is 6.07 Å². The van der Waals surface area contributed by atoms with Crippen LogP contribution in [0.3, 0.4) is 0 Å². The van der Waals surface area contributed by atoms with Gasteiger partial charge in [0.05, 0.1) is 12.1 Å². The molecule has 0 fully saturated rings. The van der Waals surface area contributed by atoms with Crippen LogP contribution in [0.25, 0.3) is 0 Å². The van der Waals surface area contributed by atoms with Gasteiger partial charge in [0.2, 0.25) is 0 Å². The summed E-state index contributed by atoms with van der Waals surface area (Å²) in [6.45, 7) is 0.368. The number of anilines is 1. The van der Waals surface area contributed by atoms with Crippen LogP contribution in [0.15, 0.2) is 24.3 Å². The van der Waals surface area contributed by atoms with Crippen molar-refractivity contribution in [1.29, 1.82) is 0 Å². The van der Waals surface area contributed by atoms with E-state index in [4.69, 9.17) is 5.11 Å². The molecule has 1 unspecified atom stereocenters. The second-order valence-electron chi connectivity index (χ2n) is 4.47. The minimum atomic E-state index is -4.54. The number of aliphatic hydroxyl groups is 1.